The van der Waals surface area contributed by atoms with E-state index in [1.54, 1.807) is 0 Å². The van der Waals surface area contributed by atoms with Crippen LogP contribution in [-0.4, -0.2) is 0 Å². The van der Waals surface area contributed by atoms with E-state index in [2.05, 4.69) is 231 Å². The highest BCUT2D eigenvalue weighted by Gasteiger charge is 2.29. The lowest BCUT2D eigenvalue weighted by atomic mass is 9.83. The van der Waals surface area contributed by atoms with Crippen molar-refractivity contribution in [2.75, 3.05) is 9.80 Å². The lowest BCUT2D eigenvalue weighted by Gasteiger charge is -2.36. The van der Waals surface area contributed by atoms with Gasteiger partial charge in [-0.25, -0.2) is 0 Å². The zero-order valence-corrected chi connectivity index (χ0v) is 30.9. The van der Waals surface area contributed by atoms with Crippen LogP contribution in [0, 0.1) is 0 Å². The van der Waals surface area contributed by atoms with Crippen molar-refractivity contribution in [3.8, 4) is 11.1 Å². The van der Waals surface area contributed by atoms with Crippen LogP contribution in [0.15, 0.2) is 200 Å². The molecule has 0 radical (unpaired) electrons. The first-order chi connectivity index (χ1) is 26.4. The van der Waals surface area contributed by atoms with Crippen LogP contribution in [0.5, 0.6) is 0 Å². The van der Waals surface area contributed by atoms with Crippen LogP contribution in [0.4, 0.5) is 34.1 Å². The second kappa shape index (κ2) is 13.7. The van der Waals surface area contributed by atoms with Crippen LogP contribution in [0.1, 0.15) is 26.3 Å². The summed E-state index contributed by atoms with van der Waals surface area (Å²) in [5.74, 6) is 0. The molecule has 0 aliphatic carbocycles. The smallest absolute Gasteiger partial charge is 0.0564 e. The molecule has 2 nitrogen and oxygen atoms in total. The molecule has 2 heteroatoms. The molecule has 0 spiro atoms. The summed E-state index contributed by atoms with van der Waals surface area (Å²) in [5.41, 5.74) is 10.1. The van der Waals surface area contributed by atoms with Crippen molar-refractivity contribution < 1.29 is 0 Å². The SMILES string of the molecule is CC(C)(C)c1cc(N(c2ccccc2)c2ccc3ccccc3c2)c(-c2ccccc2)c(N(c2ccccc2)c2cc3ccccc3c3ccccc23)c1. The Morgan fingerprint density at radius 3 is 1.48 bits per heavy atom. The molecule has 9 aromatic rings. The first-order valence-electron chi connectivity index (χ1n) is 18.8. The molecule has 0 N–H and O–H groups in total. The molecule has 0 aliphatic heterocycles. The third-order valence-corrected chi connectivity index (χ3v) is 10.5. The van der Waals surface area contributed by atoms with Gasteiger partial charge in [0.05, 0.1) is 17.1 Å². The standard InChI is InChI=1S/C52H42N2/c1-52(2,3)41-35-49(53(42-24-9-5-10-25-42)44-32-31-37-19-13-14-22-39(37)33-44)51(38-20-7-4-8-21-38)50(36-41)54(43-26-11-6-12-27-43)48-34-40-23-15-16-28-45(40)46-29-17-18-30-47(46)48/h4-36H,1-3H3. The topological polar surface area (TPSA) is 6.48 Å². The molecule has 0 aliphatic rings. The van der Waals surface area contributed by atoms with Crippen molar-refractivity contribution >= 4 is 66.4 Å². The van der Waals surface area contributed by atoms with Crippen molar-refractivity contribution in [1.29, 1.82) is 0 Å². The number of anilines is 6. The Bertz CT molecular complexity index is 2750. The van der Waals surface area contributed by atoms with E-state index in [-0.39, 0.29) is 5.41 Å². The summed E-state index contributed by atoms with van der Waals surface area (Å²) in [5, 5.41) is 7.34. The minimum Gasteiger partial charge on any atom is -0.310 e. The van der Waals surface area contributed by atoms with E-state index in [0.717, 1.165) is 45.3 Å². The molecule has 0 unspecified atom stereocenters. The van der Waals surface area contributed by atoms with E-state index in [1.165, 1.54) is 37.9 Å². The van der Waals surface area contributed by atoms with Crippen LogP contribution in [-0.2, 0) is 5.41 Å². The van der Waals surface area contributed by atoms with Gasteiger partial charge in [-0.1, -0.05) is 166 Å². The van der Waals surface area contributed by atoms with Gasteiger partial charge >= 0.3 is 0 Å². The van der Waals surface area contributed by atoms with Crippen molar-refractivity contribution in [2.45, 2.75) is 26.2 Å². The van der Waals surface area contributed by atoms with Gasteiger partial charge in [0.15, 0.2) is 0 Å². The fourth-order valence-electron chi connectivity index (χ4n) is 7.82. The van der Waals surface area contributed by atoms with Gasteiger partial charge in [-0.15, -0.1) is 0 Å². The Kier molecular flexibility index (Phi) is 8.44. The molecule has 0 atom stereocenters. The van der Waals surface area contributed by atoms with Crippen LogP contribution >= 0.6 is 0 Å². The van der Waals surface area contributed by atoms with Crippen LogP contribution in [0.2, 0.25) is 0 Å². The second-order valence-corrected chi connectivity index (χ2v) is 15.0. The van der Waals surface area contributed by atoms with E-state index in [4.69, 9.17) is 0 Å². The van der Waals surface area contributed by atoms with E-state index in [1.807, 2.05) is 0 Å². The number of nitrogens with zero attached hydrogens (tertiary/aromatic N) is 2. The zero-order valence-electron chi connectivity index (χ0n) is 30.9. The van der Waals surface area contributed by atoms with Gasteiger partial charge in [0, 0.05) is 28.0 Å². The number of hydrogen-bond acceptors (Lipinski definition) is 2. The molecule has 0 saturated carbocycles. The van der Waals surface area contributed by atoms with Crippen molar-refractivity contribution in [1.82, 2.24) is 0 Å². The van der Waals surface area contributed by atoms with Crippen molar-refractivity contribution in [3.05, 3.63) is 206 Å². The minimum absolute atomic E-state index is 0.154. The number of benzene rings is 9. The number of para-hydroxylation sites is 2. The molecule has 0 amide bonds. The minimum atomic E-state index is -0.154. The Hall–Kier alpha value is -6.64. The molecule has 0 bridgehead atoms. The van der Waals surface area contributed by atoms with E-state index >= 15 is 0 Å². The van der Waals surface area contributed by atoms with Gasteiger partial charge in [0.25, 0.3) is 0 Å². The predicted octanol–water partition coefficient (Wildman–Crippen LogP) is 15.1. The van der Waals surface area contributed by atoms with Gasteiger partial charge in [-0.05, 0) is 98.1 Å². The predicted molar refractivity (Wildman–Crippen MR) is 232 cm³/mol. The lowest BCUT2D eigenvalue weighted by Crippen LogP contribution is -2.19. The quantitative estimate of drug-likeness (QED) is 0.153. The summed E-state index contributed by atoms with van der Waals surface area (Å²) in [7, 11) is 0. The summed E-state index contributed by atoms with van der Waals surface area (Å²) in [6.45, 7) is 6.96. The van der Waals surface area contributed by atoms with Gasteiger partial charge in [-0.2, -0.15) is 0 Å². The molecular formula is C52H42N2. The van der Waals surface area contributed by atoms with Crippen LogP contribution in [0.25, 0.3) is 43.4 Å². The molecule has 9 rings (SSSR count). The molecule has 54 heavy (non-hydrogen) atoms. The summed E-state index contributed by atoms with van der Waals surface area (Å²) >= 11 is 0. The normalized spacial score (nSPS) is 11.6. The van der Waals surface area contributed by atoms with E-state index < -0.39 is 0 Å². The third-order valence-electron chi connectivity index (χ3n) is 10.5. The van der Waals surface area contributed by atoms with Gasteiger partial charge in [0.1, 0.15) is 0 Å². The average Bonchev–Trinajstić information content (AvgIpc) is 3.22. The Morgan fingerprint density at radius 1 is 0.333 bits per heavy atom. The van der Waals surface area contributed by atoms with E-state index in [9.17, 15) is 0 Å². The van der Waals surface area contributed by atoms with Gasteiger partial charge < -0.3 is 9.80 Å². The summed E-state index contributed by atoms with van der Waals surface area (Å²) in [6.07, 6.45) is 0. The highest BCUT2D eigenvalue weighted by atomic mass is 15.2. The Balaban J connectivity index is 1.44. The monoisotopic (exact) mass is 694 g/mol. The highest BCUT2D eigenvalue weighted by molar-refractivity contribution is 6.15. The third kappa shape index (κ3) is 6.06. The molecule has 0 fully saturated rings. The number of hydrogen-bond donors (Lipinski definition) is 0. The largest absolute Gasteiger partial charge is 0.310 e. The molecule has 260 valence electrons. The second-order valence-electron chi connectivity index (χ2n) is 15.0. The molecule has 0 aromatic heterocycles. The Labute approximate surface area is 318 Å². The maximum absolute atomic E-state index is 2.50. The first kappa shape index (κ1) is 33.2. The highest BCUT2D eigenvalue weighted by Crippen LogP contribution is 2.52. The number of rotatable bonds is 7. The summed E-state index contributed by atoms with van der Waals surface area (Å²) in [6, 6.07) is 72.9. The zero-order chi connectivity index (χ0) is 36.6. The molecule has 0 saturated heterocycles. The van der Waals surface area contributed by atoms with Crippen LogP contribution < -0.4 is 9.80 Å². The fraction of sp³-hybridized carbons (Fsp3) is 0.0769. The van der Waals surface area contributed by atoms with Crippen LogP contribution in [0.3, 0.4) is 0 Å². The Morgan fingerprint density at radius 2 is 0.833 bits per heavy atom. The average molecular weight is 695 g/mol. The van der Waals surface area contributed by atoms with Gasteiger partial charge in [0.2, 0.25) is 0 Å². The maximum Gasteiger partial charge on any atom is 0.0564 e. The first-order valence-corrected chi connectivity index (χ1v) is 18.8. The molecule has 9 aromatic carbocycles. The van der Waals surface area contributed by atoms with Crippen molar-refractivity contribution in [2.24, 2.45) is 0 Å². The fourth-order valence-corrected chi connectivity index (χ4v) is 7.82. The van der Waals surface area contributed by atoms with E-state index in [0.29, 0.717) is 0 Å². The molecule has 0 heterocycles. The van der Waals surface area contributed by atoms with Crippen molar-refractivity contribution in [3.63, 3.8) is 0 Å². The molecular weight excluding hydrogens is 653 g/mol. The summed E-state index contributed by atoms with van der Waals surface area (Å²) < 4.78 is 0. The van der Waals surface area contributed by atoms with Gasteiger partial charge in [-0.3, -0.25) is 0 Å². The number of fused-ring (bicyclic) bond motifs is 4. The summed E-state index contributed by atoms with van der Waals surface area (Å²) in [4.78, 5) is 4.95. The lowest BCUT2D eigenvalue weighted by molar-refractivity contribution is 0.590. The maximum atomic E-state index is 2.50.